The summed E-state index contributed by atoms with van der Waals surface area (Å²) < 4.78 is 42.4. The third-order valence-electron chi connectivity index (χ3n) is 6.95. The average molecular weight is 506 g/mol. The summed E-state index contributed by atoms with van der Waals surface area (Å²) in [5.74, 6) is -6.57. The Hall–Kier alpha value is -3.83. The fourth-order valence-electron chi connectivity index (χ4n) is 4.91. The van der Waals surface area contributed by atoms with Gasteiger partial charge in [0.25, 0.3) is 11.8 Å². The number of fused-ring (bicyclic) bond motifs is 4. The minimum absolute atomic E-state index is 0.132. The van der Waals surface area contributed by atoms with Crippen molar-refractivity contribution in [2.75, 3.05) is 13.6 Å². The summed E-state index contributed by atoms with van der Waals surface area (Å²) in [5.41, 5.74) is -2.56. The van der Waals surface area contributed by atoms with Gasteiger partial charge >= 0.3 is 0 Å². The van der Waals surface area contributed by atoms with Crippen molar-refractivity contribution >= 4 is 17.7 Å². The molecule has 36 heavy (non-hydrogen) atoms. The molecule has 2 aromatic rings. The number of nitrogens with one attached hydrogen (secondary N) is 2. The second-order valence-electron chi connectivity index (χ2n) is 9.10. The summed E-state index contributed by atoms with van der Waals surface area (Å²) in [6.07, 6.45) is 2.45. The zero-order valence-corrected chi connectivity index (χ0v) is 19.6. The van der Waals surface area contributed by atoms with E-state index in [9.17, 15) is 37.5 Å². The van der Waals surface area contributed by atoms with Crippen LogP contribution in [-0.4, -0.2) is 51.9 Å². The Morgan fingerprint density at radius 1 is 1.14 bits per heavy atom. The number of amides is 3. The molecule has 0 aliphatic carbocycles. The van der Waals surface area contributed by atoms with Crippen LogP contribution in [0.4, 0.5) is 13.2 Å². The Morgan fingerprint density at radius 3 is 2.44 bits per heavy atom. The number of hydrogen-bond acceptors (Lipinski definition) is 5. The quantitative estimate of drug-likeness (QED) is 0.572. The number of benzene rings is 1. The van der Waals surface area contributed by atoms with Crippen LogP contribution in [0.25, 0.3) is 0 Å². The first kappa shape index (κ1) is 25.3. The van der Waals surface area contributed by atoms with Crippen LogP contribution in [-0.2, 0) is 11.3 Å². The Kier molecular flexibility index (Phi) is 6.79. The molecule has 3 atom stereocenters. The fraction of sp³-hybridized carbons (Fsp3) is 0.417. The summed E-state index contributed by atoms with van der Waals surface area (Å²) in [6.45, 7) is 1.37. The first-order chi connectivity index (χ1) is 17.0. The lowest BCUT2D eigenvalue weighted by Gasteiger charge is -2.39. The maximum atomic E-state index is 14.0. The lowest BCUT2D eigenvalue weighted by atomic mass is 9.90. The molecule has 12 heteroatoms. The van der Waals surface area contributed by atoms with Crippen molar-refractivity contribution in [2.45, 2.75) is 44.8 Å². The number of rotatable bonds is 5. The summed E-state index contributed by atoms with van der Waals surface area (Å²) in [7, 11) is 1.50. The largest absolute Gasteiger partial charge is 0.503 e. The molecule has 2 bridgehead atoms. The number of pyridine rings is 1. The molecule has 4 rings (SSSR count). The van der Waals surface area contributed by atoms with Crippen LogP contribution in [0.2, 0.25) is 0 Å². The number of nitrogens with zero attached hydrogens (tertiary/aromatic N) is 2. The van der Waals surface area contributed by atoms with Crippen LogP contribution >= 0.6 is 0 Å². The van der Waals surface area contributed by atoms with E-state index in [1.807, 2.05) is 6.92 Å². The number of carbonyl (C=O) groups excluding carboxylic acids is 3. The molecule has 1 aromatic carbocycles. The number of aromatic hydroxyl groups is 1. The molecular formula is C24H25F3N4O5. The van der Waals surface area contributed by atoms with Gasteiger partial charge < -0.3 is 25.2 Å². The predicted octanol–water partition coefficient (Wildman–Crippen LogP) is 1.83. The van der Waals surface area contributed by atoms with E-state index >= 15 is 0 Å². The molecule has 3 amide bonds. The van der Waals surface area contributed by atoms with Crippen LogP contribution in [0.1, 0.15) is 58.6 Å². The van der Waals surface area contributed by atoms with Crippen LogP contribution in [0.15, 0.2) is 23.1 Å². The van der Waals surface area contributed by atoms with Gasteiger partial charge in [-0.25, -0.2) is 13.2 Å². The number of halogens is 3. The summed E-state index contributed by atoms with van der Waals surface area (Å²) >= 11 is 0. The Balaban J connectivity index is 1.72. The molecular weight excluding hydrogens is 481 g/mol. The molecule has 0 spiro atoms. The third-order valence-corrected chi connectivity index (χ3v) is 6.95. The van der Waals surface area contributed by atoms with Crippen molar-refractivity contribution in [1.29, 1.82) is 0 Å². The summed E-state index contributed by atoms with van der Waals surface area (Å²) in [5, 5.41) is 15.5. The normalized spacial score (nSPS) is 21.0. The van der Waals surface area contributed by atoms with Crippen molar-refractivity contribution in [2.24, 2.45) is 5.92 Å². The summed E-state index contributed by atoms with van der Waals surface area (Å²) in [4.78, 5) is 52.5. The van der Waals surface area contributed by atoms with Crippen molar-refractivity contribution in [3.05, 3.63) is 62.8 Å². The third kappa shape index (κ3) is 4.42. The zero-order chi connectivity index (χ0) is 26.3. The van der Waals surface area contributed by atoms with E-state index in [-0.39, 0.29) is 36.5 Å². The Bertz CT molecular complexity index is 1290. The number of aromatic nitrogens is 1. The molecule has 2 aliphatic rings. The lowest BCUT2D eigenvalue weighted by Crippen LogP contribution is -2.48. The predicted molar refractivity (Wildman–Crippen MR) is 121 cm³/mol. The molecule has 0 saturated carbocycles. The highest BCUT2D eigenvalue weighted by molar-refractivity contribution is 5.99. The van der Waals surface area contributed by atoms with Gasteiger partial charge in [0.05, 0.1) is 6.04 Å². The molecule has 0 radical (unpaired) electrons. The van der Waals surface area contributed by atoms with Gasteiger partial charge in [-0.2, -0.15) is 0 Å². The van der Waals surface area contributed by atoms with Crippen molar-refractivity contribution < 1.29 is 32.7 Å². The Morgan fingerprint density at radius 2 is 1.81 bits per heavy atom. The van der Waals surface area contributed by atoms with E-state index in [0.717, 1.165) is 6.20 Å². The maximum absolute atomic E-state index is 14.0. The topological polar surface area (TPSA) is 121 Å². The van der Waals surface area contributed by atoms with Crippen LogP contribution < -0.4 is 16.1 Å². The van der Waals surface area contributed by atoms with Gasteiger partial charge in [-0.1, -0.05) is 0 Å². The second kappa shape index (κ2) is 9.67. The highest BCUT2D eigenvalue weighted by Crippen LogP contribution is 2.39. The molecule has 3 N–H and O–H groups in total. The van der Waals surface area contributed by atoms with E-state index in [4.69, 9.17) is 0 Å². The molecule has 2 aliphatic heterocycles. The monoisotopic (exact) mass is 506 g/mol. The molecule has 3 unspecified atom stereocenters. The average Bonchev–Trinajstić information content (AvgIpc) is 2.96. The molecule has 1 aromatic heterocycles. The fourth-order valence-corrected chi connectivity index (χ4v) is 4.91. The minimum atomic E-state index is -1.21. The molecule has 3 heterocycles. The molecule has 192 valence electrons. The first-order valence-electron chi connectivity index (χ1n) is 11.4. The van der Waals surface area contributed by atoms with Gasteiger partial charge in [0, 0.05) is 56.5 Å². The van der Waals surface area contributed by atoms with Gasteiger partial charge in [0.1, 0.15) is 23.0 Å². The molecule has 1 fully saturated rings. The van der Waals surface area contributed by atoms with Crippen molar-refractivity contribution in [1.82, 2.24) is 20.1 Å². The van der Waals surface area contributed by atoms with E-state index in [1.54, 1.807) is 4.90 Å². The van der Waals surface area contributed by atoms with Crippen LogP contribution in [0, 0.1) is 23.4 Å². The van der Waals surface area contributed by atoms with Gasteiger partial charge in [-0.05, 0) is 25.7 Å². The highest BCUT2D eigenvalue weighted by Gasteiger charge is 2.42. The van der Waals surface area contributed by atoms with E-state index in [0.29, 0.717) is 25.0 Å². The van der Waals surface area contributed by atoms with E-state index < -0.39 is 64.2 Å². The SMILES string of the molecule is CNC(=O)CC1CCC(C)N2CC1n1cc(C(=O)NCc3c(F)cc(F)cc3F)c(=O)c(O)c1C2=O. The first-order valence-corrected chi connectivity index (χ1v) is 11.4. The lowest BCUT2D eigenvalue weighted by molar-refractivity contribution is -0.121. The van der Waals surface area contributed by atoms with Gasteiger partial charge in [-0.3, -0.25) is 19.2 Å². The summed E-state index contributed by atoms with van der Waals surface area (Å²) in [6, 6.07) is 0.217. The van der Waals surface area contributed by atoms with Gasteiger partial charge in [0.2, 0.25) is 11.3 Å². The smallest absolute Gasteiger partial charge is 0.274 e. The highest BCUT2D eigenvalue weighted by atomic mass is 19.1. The van der Waals surface area contributed by atoms with Crippen molar-refractivity contribution in [3.8, 4) is 5.75 Å². The van der Waals surface area contributed by atoms with Crippen LogP contribution in [0.5, 0.6) is 5.75 Å². The van der Waals surface area contributed by atoms with Crippen molar-refractivity contribution in [3.63, 3.8) is 0 Å². The van der Waals surface area contributed by atoms with E-state index in [1.165, 1.54) is 11.6 Å². The second-order valence-corrected chi connectivity index (χ2v) is 9.10. The Labute approximate surface area is 203 Å². The zero-order valence-electron chi connectivity index (χ0n) is 19.6. The van der Waals surface area contributed by atoms with Gasteiger partial charge in [-0.15, -0.1) is 0 Å². The molecule has 9 nitrogen and oxygen atoms in total. The maximum Gasteiger partial charge on any atom is 0.274 e. The standard InChI is InChI=1S/C24H25F3N4O5/c1-11-3-4-12(5-19(32)28-2)18-10-30(11)24(36)20-22(34)21(33)15(9-31(18)20)23(35)29-8-14-16(26)6-13(25)7-17(14)27/h6-7,9,11-12,18,34H,3-5,8,10H2,1-2H3,(H,28,32)(H,29,35). The number of carbonyl (C=O) groups is 3. The molecule has 1 saturated heterocycles. The van der Waals surface area contributed by atoms with E-state index in [2.05, 4.69) is 10.6 Å². The van der Waals surface area contributed by atoms with Crippen LogP contribution in [0.3, 0.4) is 0 Å². The van der Waals surface area contributed by atoms with Gasteiger partial charge in [0.15, 0.2) is 11.4 Å². The number of hydrogen-bond donors (Lipinski definition) is 3. The minimum Gasteiger partial charge on any atom is -0.503 e.